The van der Waals surface area contributed by atoms with Gasteiger partial charge in [-0.05, 0) is 40.9 Å². The molecule has 3 rings (SSSR count). The summed E-state index contributed by atoms with van der Waals surface area (Å²) in [6.45, 7) is 0.558. The van der Waals surface area contributed by atoms with Gasteiger partial charge in [0, 0.05) is 17.2 Å². The van der Waals surface area contributed by atoms with Gasteiger partial charge in [0.2, 0.25) is 11.7 Å². The average molecular weight is 337 g/mol. The highest BCUT2D eigenvalue weighted by Crippen LogP contribution is 2.38. The van der Waals surface area contributed by atoms with Crippen molar-refractivity contribution < 1.29 is 4.52 Å². The number of hydrogen-bond donors (Lipinski definition) is 1. The Labute approximate surface area is 126 Å². The molecule has 5 nitrogen and oxygen atoms in total. The van der Waals surface area contributed by atoms with Gasteiger partial charge in [0.1, 0.15) is 5.69 Å². The minimum atomic E-state index is -0.140. The van der Waals surface area contributed by atoms with E-state index in [0.29, 0.717) is 24.0 Å². The van der Waals surface area contributed by atoms with Gasteiger partial charge in [-0.1, -0.05) is 24.4 Å². The lowest BCUT2D eigenvalue weighted by Crippen LogP contribution is -2.37. The van der Waals surface area contributed by atoms with Crippen LogP contribution in [-0.4, -0.2) is 21.7 Å². The number of halogens is 1. The Morgan fingerprint density at radius 1 is 1.25 bits per heavy atom. The molecular formula is C14H17BrN4O. The van der Waals surface area contributed by atoms with Gasteiger partial charge < -0.3 is 10.3 Å². The quantitative estimate of drug-likeness (QED) is 0.931. The summed E-state index contributed by atoms with van der Waals surface area (Å²) in [6, 6.07) is 3.78. The Morgan fingerprint density at radius 2 is 2.05 bits per heavy atom. The summed E-state index contributed by atoms with van der Waals surface area (Å²) in [4.78, 5) is 8.83. The van der Waals surface area contributed by atoms with Crippen molar-refractivity contribution in [2.45, 2.75) is 37.5 Å². The second-order valence-corrected chi connectivity index (χ2v) is 6.25. The topological polar surface area (TPSA) is 77.8 Å². The van der Waals surface area contributed by atoms with Gasteiger partial charge in [0.25, 0.3) is 0 Å². The van der Waals surface area contributed by atoms with Crippen molar-refractivity contribution in [3.8, 4) is 11.5 Å². The fraction of sp³-hybridized carbons (Fsp3) is 0.500. The van der Waals surface area contributed by atoms with Crippen LogP contribution in [0.25, 0.3) is 11.5 Å². The summed E-state index contributed by atoms with van der Waals surface area (Å²) in [5, 5.41) is 4.06. The largest absolute Gasteiger partial charge is 0.338 e. The Kier molecular flexibility index (Phi) is 3.85. The number of pyridine rings is 1. The van der Waals surface area contributed by atoms with Crippen LogP contribution in [0.1, 0.15) is 38.0 Å². The molecule has 0 aliphatic heterocycles. The second kappa shape index (κ2) is 5.61. The summed E-state index contributed by atoms with van der Waals surface area (Å²) in [5.41, 5.74) is 6.56. The maximum atomic E-state index is 5.99. The second-order valence-electron chi connectivity index (χ2n) is 5.33. The molecule has 0 unspecified atom stereocenters. The predicted molar refractivity (Wildman–Crippen MR) is 79.0 cm³/mol. The smallest absolute Gasteiger partial charge is 0.234 e. The van der Waals surface area contributed by atoms with Gasteiger partial charge >= 0.3 is 0 Å². The van der Waals surface area contributed by atoms with Crippen LogP contribution in [-0.2, 0) is 5.41 Å². The zero-order chi connectivity index (χ0) is 14.0. The number of rotatable bonds is 3. The fourth-order valence-corrected chi connectivity index (χ4v) is 3.02. The van der Waals surface area contributed by atoms with Gasteiger partial charge in [0.05, 0.1) is 5.41 Å². The van der Waals surface area contributed by atoms with E-state index in [1.807, 2.05) is 12.1 Å². The number of nitrogens with two attached hydrogens (primary N) is 1. The molecule has 2 N–H and O–H groups in total. The molecule has 20 heavy (non-hydrogen) atoms. The van der Waals surface area contributed by atoms with Crippen LogP contribution in [0.5, 0.6) is 0 Å². The van der Waals surface area contributed by atoms with E-state index in [-0.39, 0.29) is 5.41 Å². The van der Waals surface area contributed by atoms with E-state index >= 15 is 0 Å². The summed E-state index contributed by atoms with van der Waals surface area (Å²) < 4.78 is 6.42. The van der Waals surface area contributed by atoms with E-state index in [4.69, 9.17) is 10.3 Å². The van der Waals surface area contributed by atoms with Crippen LogP contribution in [0.3, 0.4) is 0 Å². The van der Waals surface area contributed by atoms with Crippen LogP contribution >= 0.6 is 15.9 Å². The normalized spacial score (nSPS) is 18.1. The maximum absolute atomic E-state index is 5.99. The van der Waals surface area contributed by atoms with Gasteiger partial charge in [0.15, 0.2) is 0 Å². The molecule has 0 radical (unpaired) electrons. The van der Waals surface area contributed by atoms with E-state index < -0.39 is 0 Å². The Morgan fingerprint density at radius 3 is 2.70 bits per heavy atom. The third-order valence-electron chi connectivity index (χ3n) is 4.04. The van der Waals surface area contributed by atoms with Gasteiger partial charge in [-0.15, -0.1) is 0 Å². The van der Waals surface area contributed by atoms with Crippen molar-refractivity contribution in [1.82, 2.24) is 15.1 Å². The minimum Gasteiger partial charge on any atom is -0.338 e. The minimum absolute atomic E-state index is 0.140. The first-order valence-electron chi connectivity index (χ1n) is 6.90. The van der Waals surface area contributed by atoms with Crippen LogP contribution in [0, 0.1) is 0 Å². The molecule has 0 saturated heterocycles. The fourth-order valence-electron chi connectivity index (χ4n) is 2.78. The van der Waals surface area contributed by atoms with Crippen molar-refractivity contribution in [3.63, 3.8) is 0 Å². The summed E-state index contributed by atoms with van der Waals surface area (Å²) in [5.74, 6) is 1.20. The molecule has 1 saturated carbocycles. The third kappa shape index (κ3) is 2.50. The molecule has 106 valence electrons. The zero-order valence-corrected chi connectivity index (χ0v) is 12.8. The molecule has 1 aliphatic rings. The lowest BCUT2D eigenvalue weighted by Gasteiger charge is -2.32. The highest BCUT2D eigenvalue weighted by molar-refractivity contribution is 9.10. The van der Waals surface area contributed by atoms with Gasteiger partial charge in [-0.25, -0.2) is 0 Å². The molecule has 0 aromatic carbocycles. The number of aromatic nitrogens is 3. The van der Waals surface area contributed by atoms with Gasteiger partial charge in [-0.3, -0.25) is 4.98 Å². The van der Waals surface area contributed by atoms with E-state index in [2.05, 4.69) is 31.1 Å². The number of hydrogen-bond acceptors (Lipinski definition) is 5. The van der Waals surface area contributed by atoms with E-state index in [9.17, 15) is 0 Å². The van der Waals surface area contributed by atoms with Crippen LogP contribution in [0.15, 0.2) is 27.3 Å². The first-order chi connectivity index (χ1) is 9.73. The highest BCUT2D eigenvalue weighted by Gasteiger charge is 2.38. The van der Waals surface area contributed by atoms with Gasteiger partial charge in [-0.2, -0.15) is 4.98 Å². The molecule has 2 aromatic heterocycles. The molecule has 0 atom stereocenters. The molecule has 0 spiro atoms. The number of nitrogens with zero attached hydrogens (tertiary/aromatic N) is 3. The predicted octanol–water partition coefficient (Wildman–Crippen LogP) is 3.05. The Hall–Kier alpha value is -1.27. The zero-order valence-electron chi connectivity index (χ0n) is 11.2. The van der Waals surface area contributed by atoms with E-state index in [1.165, 1.54) is 19.3 Å². The first kappa shape index (κ1) is 13.7. The van der Waals surface area contributed by atoms with Crippen molar-refractivity contribution in [2.24, 2.45) is 5.73 Å². The maximum Gasteiger partial charge on any atom is 0.234 e. The van der Waals surface area contributed by atoms with Crippen LogP contribution in [0.4, 0.5) is 0 Å². The highest BCUT2D eigenvalue weighted by atomic mass is 79.9. The standard InChI is InChI=1S/C14H17BrN4O/c15-10-4-5-11(17-8-10)12-18-13(20-19-12)14(9-16)6-2-1-3-7-14/h4-5,8H,1-3,6-7,9,16H2. The van der Waals surface area contributed by atoms with Crippen LogP contribution in [0.2, 0.25) is 0 Å². The molecule has 1 aliphatic carbocycles. The lowest BCUT2D eigenvalue weighted by atomic mass is 9.74. The first-order valence-corrected chi connectivity index (χ1v) is 7.69. The molecular weight excluding hydrogens is 320 g/mol. The SMILES string of the molecule is NCC1(c2nc(-c3ccc(Br)cn3)no2)CCCCC1. The Bertz CT molecular complexity index is 575. The molecule has 1 fully saturated rings. The lowest BCUT2D eigenvalue weighted by molar-refractivity contribution is 0.220. The van der Waals surface area contributed by atoms with Crippen LogP contribution < -0.4 is 5.73 Å². The third-order valence-corrected chi connectivity index (χ3v) is 4.51. The van der Waals surface area contributed by atoms with E-state index in [1.54, 1.807) is 6.20 Å². The van der Waals surface area contributed by atoms with Crippen molar-refractivity contribution in [2.75, 3.05) is 6.54 Å². The molecule has 6 heteroatoms. The van der Waals surface area contributed by atoms with E-state index in [0.717, 1.165) is 17.3 Å². The summed E-state index contributed by atoms with van der Waals surface area (Å²) in [6.07, 6.45) is 7.39. The summed E-state index contributed by atoms with van der Waals surface area (Å²) in [7, 11) is 0. The molecule has 0 amide bonds. The van der Waals surface area contributed by atoms with Crippen molar-refractivity contribution in [1.29, 1.82) is 0 Å². The average Bonchev–Trinajstić information content (AvgIpc) is 2.99. The summed E-state index contributed by atoms with van der Waals surface area (Å²) >= 11 is 3.36. The molecule has 0 bridgehead atoms. The molecule has 2 heterocycles. The van der Waals surface area contributed by atoms with Crippen molar-refractivity contribution >= 4 is 15.9 Å². The Balaban J connectivity index is 1.91. The molecule has 2 aromatic rings. The monoisotopic (exact) mass is 336 g/mol. The van der Waals surface area contributed by atoms with Crippen molar-refractivity contribution in [3.05, 3.63) is 28.7 Å².